The van der Waals surface area contributed by atoms with Gasteiger partial charge in [-0.05, 0) is 24.1 Å². The number of nitrogens with zero attached hydrogens (tertiary/aromatic N) is 6. The molecule has 0 atom stereocenters. The van der Waals surface area contributed by atoms with Crippen molar-refractivity contribution < 1.29 is 17.9 Å². The highest BCUT2D eigenvalue weighted by molar-refractivity contribution is 6.28. The van der Waals surface area contributed by atoms with Gasteiger partial charge in [0.05, 0.1) is 19.9 Å². The number of benzene rings is 1. The zero-order valence-electron chi connectivity index (χ0n) is 16.0. The summed E-state index contributed by atoms with van der Waals surface area (Å²) >= 11 is 5.95. The molecule has 0 saturated heterocycles. The van der Waals surface area contributed by atoms with Gasteiger partial charge in [-0.25, -0.2) is 9.67 Å². The first-order valence-corrected chi connectivity index (χ1v) is 9.34. The standard InChI is InChI=1S/C19H16ClF3N6O/c1-3-28-10-14(19(21,22)23)25-15(28)12-6-4-11(5-7-12)9-29-16-13(8-24-29)17(30-2)27-18(20)26-16/h4-8,10H,3,9H2,1-2H3. The number of imidazole rings is 1. The Labute approximate surface area is 174 Å². The summed E-state index contributed by atoms with van der Waals surface area (Å²) in [6.07, 6.45) is -1.87. The van der Waals surface area contributed by atoms with E-state index in [-0.39, 0.29) is 11.1 Å². The molecule has 0 spiro atoms. The third kappa shape index (κ3) is 3.70. The predicted octanol–water partition coefficient (Wildman–Crippen LogP) is 4.44. The number of hydrogen-bond donors (Lipinski definition) is 0. The normalized spacial score (nSPS) is 11.9. The highest BCUT2D eigenvalue weighted by Gasteiger charge is 2.34. The summed E-state index contributed by atoms with van der Waals surface area (Å²) in [5.74, 6) is 0.601. The van der Waals surface area contributed by atoms with Crippen molar-refractivity contribution in [2.45, 2.75) is 26.2 Å². The van der Waals surface area contributed by atoms with Gasteiger partial charge in [-0.2, -0.15) is 28.2 Å². The molecule has 4 rings (SSSR count). The molecule has 3 aromatic heterocycles. The molecule has 0 bridgehead atoms. The van der Waals surface area contributed by atoms with Crippen LogP contribution in [0.3, 0.4) is 0 Å². The van der Waals surface area contributed by atoms with Gasteiger partial charge in [-0.1, -0.05) is 24.3 Å². The van der Waals surface area contributed by atoms with Crippen molar-refractivity contribution in [2.24, 2.45) is 0 Å². The van der Waals surface area contributed by atoms with Crippen LogP contribution in [-0.4, -0.2) is 36.4 Å². The Kier molecular flexibility index (Phi) is 5.10. The fraction of sp³-hybridized carbons (Fsp3) is 0.263. The molecule has 0 N–H and O–H groups in total. The van der Waals surface area contributed by atoms with Crippen molar-refractivity contribution in [2.75, 3.05) is 7.11 Å². The van der Waals surface area contributed by atoms with Crippen molar-refractivity contribution >= 4 is 22.6 Å². The number of rotatable bonds is 5. The van der Waals surface area contributed by atoms with Gasteiger partial charge < -0.3 is 9.30 Å². The molecule has 0 aliphatic heterocycles. The van der Waals surface area contributed by atoms with Crippen molar-refractivity contribution in [1.82, 2.24) is 29.3 Å². The minimum Gasteiger partial charge on any atom is -0.480 e. The minimum absolute atomic E-state index is 0.0447. The number of methoxy groups -OCH3 is 1. The molecule has 0 aliphatic rings. The highest BCUT2D eigenvalue weighted by atomic mass is 35.5. The van der Waals surface area contributed by atoms with E-state index in [2.05, 4.69) is 20.1 Å². The number of aryl methyl sites for hydroxylation is 1. The molecular weight excluding hydrogens is 421 g/mol. The lowest BCUT2D eigenvalue weighted by Crippen LogP contribution is -2.05. The third-order valence-corrected chi connectivity index (χ3v) is 4.75. The summed E-state index contributed by atoms with van der Waals surface area (Å²) in [5, 5.41) is 4.99. The van der Waals surface area contributed by atoms with Crippen molar-refractivity contribution in [3.63, 3.8) is 0 Å². The zero-order chi connectivity index (χ0) is 21.5. The van der Waals surface area contributed by atoms with E-state index in [1.165, 1.54) is 11.7 Å². The summed E-state index contributed by atoms with van der Waals surface area (Å²) in [7, 11) is 1.48. The van der Waals surface area contributed by atoms with E-state index >= 15 is 0 Å². The molecule has 30 heavy (non-hydrogen) atoms. The number of aromatic nitrogens is 6. The SMILES string of the molecule is CCn1cc(C(F)(F)F)nc1-c1ccc(Cn2ncc3c(OC)nc(Cl)nc32)cc1. The molecule has 1 aromatic carbocycles. The molecule has 0 unspecified atom stereocenters. The van der Waals surface area contributed by atoms with Crippen LogP contribution in [0.5, 0.6) is 5.88 Å². The van der Waals surface area contributed by atoms with Crippen molar-refractivity contribution in [3.8, 4) is 17.3 Å². The molecule has 3 heterocycles. The average molecular weight is 437 g/mol. The number of halogens is 4. The van der Waals surface area contributed by atoms with Crippen molar-refractivity contribution in [1.29, 1.82) is 0 Å². The first-order valence-electron chi connectivity index (χ1n) is 8.97. The number of ether oxygens (including phenoxy) is 1. The largest absolute Gasteiger partial charge is 0.480 e. The summed E-state index contributed by atoms with van der Waals surface area (Å²) in [6.45, 7) is 2.53. The lowest BCUT2D eigenvalue weighted by molar-refractivity contribution is -0.140. The molecule has 0 fully saturated rings. The number of fused-ring (bicyclic) bond motifs is 1. The quantitative estimate of drug-likeness (QED) is 0.432. The molecule has 0 amide bonds. The third-order valence-electron chi connectivity index (χ3n) is 4.58. The van der Waals surface area contributed by atoms with E-state index in [4.69, 9.17) is 16.3 Å². The lowest BCUT2D eigenvalue weighted by atomic mass is 10.1. The van der Waals surface area contributed by atoms with Gasteiger partial charge in [0.25, 0.3) is 0 Å². The van der Waals surface area contributed by atoms with Gasteiger partial charge in [0.1, 0.15) is 11.2 Å². The van der Waals surface area contributed by atoms with Crippen LogP contribution in [-0.2, 0) is 19.3 Å². The fourth-order valence-electron chi connectivity index (χ4n) is 3.13. The van der Waals surface area contributed by atoms with Gasteiger partial charge in [0.15, 0.2) is 11.3 Å². The Balaban J connectivity index is 1.63. The number of alkyl halides is 3. The van der Waals surface area contributed by atoms with Crippen LogP contribution in [0, 0.1) is 0 Å². The molecule has 0 aliphatic carbocycles. The van der Waals surface area contributed by atoms with Gasteiger partial charge in [0, 0.05) is 18.3 Å². The Morgan fingerprint density at radius 2 is 1.83 bits per heavy atom. The molecule has 7 nitrogen and oxygen atoms in total. The Bertz CT molecular complexity index is 1200. The van der Waals surface area contributed by atoms with Crippen LogP contribution in [0.2, 0.25) is 5.28 Å². The molecule has 4 aromatic rings. The Morgan fingerprint density at radius 1 is 1.10 bits per heavy atom. The van der Waals surface area contributed by atoms with E-state index < -0.39 is 11.9 Å². The summed E-state index contributed by atoms with van der Waals surface area (Å²) in [4.78, 5) is 12.0. The second kappa shape index (κ2) is 7.60. The smallest absolute Gasteiger partial charge is 0.434 e. The second-order valence-electron chi connectivity index (χ2n) is 6.47. The monoisotopic (exact) mass is 436 g/mol. The fourth-order valence-corrected chi connectivity index (χ4v) is 3.29. The maximum atomic E-state index is 13.0. The van der Waals surface area contributed by atoms with E-state index in [0.29, 0.717) is 35.6 Å². The van der Waals surface area contributed by atoms with Crippen LogP contribution in [0.4, 0.5) is 13.2 Å². The first-order chi connectivity index (χ1) is 14.3. The molecule has 156 valence electrons. The first kappa shape index (κ1) is 20.1. The topological polar surface area (TPSA) is 70.7 Å². The Morgan fingerprint density at radius 3 is 2.47 bits per heavy atom. The van der Waals surface area contributed by atoms with Crippen molar-refractivity contribution in [3.05, 3.63) is 53.2 Å². The predicted molar refractivity (Wildman–Crippen MR) is 104 cm³/mol. The summed E-state index contributed by atoms with van der Waals surface area (Å²) < 4.78 is 47.3. The van der Waals surface area contributed by atoms with Crippen LogP contribution in [0.25, 0.3) is 22.4 Å². The van der Waals surface area contributed by atoms with E-state index in [0.717, 1.165) is 11.8 Å². The van der Waals surface area contributed by atoms with Gasteiger partial charge in [-0.15, -0.1) is 0 Å². The molecule has 0 saturated carbocycles. The summed E-state index contributed by atoms with van der Waals surface area (Å²) in [6, 6.07) is 7.09. The van der Waals surface area contributed by atoms with E-state index in [1.54, 1.807) is 29.9 Å². The maximum Gasteiger partial charge on any atom is 0.434 e. The Hall–Kier alpha value is -3.14. The van der Waals surface area contributed by atoms with Crippen LogP contribution in [0.15, 0.2) is 36.7 Å². The van der Waals surface area contributed by atoms with E-state index in [1.807, 2.05) is 12.1 Å². The van der Waals surface area contributed by atoms with Gasteiger partial charge in [0.2, 0.25) is 11.2 Å². The van der Waals surface area contributed by atoms with Crippen LogP contribution < -0.4 is 4.74 Å². The van der Waals surface area contributed by atoms with Crippen LogP contribution in [0.1, 0.15) is 18.2 Å². The van der Waals surface area contributed by atoms with Gasteiger partial charge in [-0.3, -0.25) is 0 Å². The van der Waals surface area contributed by atoms with Gasteiger partial charge >= 0.3 is 6.18 Å². The molecule has 11 heteroatoms. The number of hydrogen-bond acceptors (Lipinski definition) is 5. The maximum absolute atomic E-state index is 13.0. The minimum atomic E-state index is -4.49. The second-order valence-corrected chi connectivity index (χ2v) is 6.81. The zero-order valence-corrected chi connectivity index (χ0v) is 16.7. The highest BCUT2D eigenvalue weighted by Crippen LogP contribution is 2.31. The van der Waals surface area contributed by atoms with E-state index in [9.17, 15) is 13.2 Å². The lowest BCUT2D eigenvalue weighted by Gasteiger charge is -2.07. The summed E-state index contributed by atoms with van der Waals surface area (Å²) in [5.41, 5.74) is 1.08. The van der Waals surface area contributed by atoms with Crippen LogP contribution >= 0.6 is 11.6 Å². The average Bonchev–Trinajstić information content (AvgIpc) is 3.32. The molecular formula is C19H16ClF3N6O. The molecule has 0 radical (unpaired) electrons.